The summed E-state index contributed by atoms with van der Waals surface area (Å²) in [5.41, 5.74) is 0. The summed E-state index contributed by atoms with van der Waals surface area (Å²) in [7, 11) is 0. The van der Waals surface area contributed by atoms with E-state index in [1.807, 2.05) is 0 Å². The van der Waals surface area contributed by atoms with E-state index >= 15 is 0 Å². The fourth-order valence-electron chi connectivity index (χ4n) is 0.622. The summed E-state index contributed by atoms with van der Waals surface area (Å²) in [5.74, 6) is -0.194. The molecule has 0 radical (unpaired) electrons. The van der Waals surface area contributed by atoms with Crippen molar-refractivity contribution in [2.24, 2.45) is 0 Å². The van der Waals surface area contributed by atoms with Crippen molar-refractivity contribution < 1.29 is 23.0 Å². The lowest BCUT2D eigenvalue weighted by molar-refractivity contribution is -0.274. The van der Waals surface area contributed by atoms with Crippen LogP contribution < -0.4 is 4.74 Å². The second-order valence-corrected chi connectivity index (χ2v) is 1.96. The molecule has 0 spiro atoms. The summed E-state index contributed by atoms with van der Waals surface area (Å²) >= 11 is 0. The van der Waals surface area contributed by atoms with Gasteiger partial charge in [-0.15, -0.1) is 13.2 Å². The van der Waals surface area contributed by atoms with Gasteiger partial charge in [0.25, 0.3) is 6.26 Å². The van der Waals surface area contributed by atoms with E-state index in [-0.39, 0.29) is 5.75 Å². The molecule has 0 saturated heterocycles. The van der Waals surface area contributed by atoms with Gasteiger partial charge in [-0.2, -0.15) is 5.26 Å². The molecule has 0 aliphatic heterocycles. The average molecular weight is 232 g/mol. The Morgan fingerprint density at radius 2 is 1.56 bits per heavy atom. The zero-order chi connectivity index (χ0) is 13.0. The number of aliphatic hydroxyl groups excluding tert-OH is 1. The van der Waals surface area contributed by atoms with Crippen LogP contribution in [-0.4, -0.2) is 11.5 Å². The van der Waals surface area contributed by atoms with Crippen LogP contribution in [0.2, 0.25) is 0 Å². The number of alkyl halides is 3. The minimum absolute atomic E-state index is 0.194. The Morgan fingerprint density at radius 1 is 1.19 bits per heavy atom. The summed E-state index contributed by atoms with van der Waals surface area (Å²) in [6.07, 6.45) is -3.85. The molecule has 1 rings (SSSR count). The van der Waals surface area contributed by atoms with Crippen molar-refractivity contribution in [2.75, 3.05) is 0 Å². The molecule has 0 atom stereocenters. The minimum Gasteiger partial charge on any atom is -0.443 e. The Kier molecular flexibility index (Phi) is 9.18. The fourth-order valence-corrected chi connectivity index (χ4v) is 0.622. The molecule has 0 amide bonds. The first-order chi connectivity index (χ1) is 7.49. The van der Waals surface area contributed by atoms with Gasteiger partial charge < -0.3 is 9.84 Å². The molecule has 1 N–H and O–H groups in total. The molecule has 0 aliphatic rings. The van der Waals surface area contributed by atoms with Gasteiger partial charge in [0.1, 0.15) is 5.75 Å². The highest BCUT2D eigenvalue weighted by Gasteiger charge is 2.30. The first kappa shape index (κ1) is 16.0. The number of ether oxygens (including phenoxy) is 1. The Balaban J connectivity index is 0. The molecule has 0 aliphatic carbocycles. The van der Waals surface area contributed by atoms with Crippen LogP contribution >= 0.6 is 0 Å². The SMILES string of the molecule is C#N.FC(F)(F)Oc1ccccc1.N#CO. The second kappa shape index (κ2) is 9.16. The first-order valence-electron chi connectivity index (χ1n) is 3.59. The maximum Gasteiger partial charge on any atom is 0.573 e. The van der Waals surface area contributed by atoms with Crippen LogP contribution in [0.1, 0.15) is 0 Å². The summed E-state index contributed by atoms with van der Waals surface area (Å²) in [4.78, 5) is 0. The number of hydrogen-bond donors (Lipinski definition) is 1. The van der Waals surface area contributed by atoms with Crippen LogP contribution in [0.15, 0.2) is 30.3 Å². The second-order valence-electron chi connectivity index (χ2n) is 1.96. The normalized spacial score (nSPS) is 8.25. The molecule has 16 heavy (non-hydrogen) atoms. The molecule has 0 heterocycles. The van der Waals surface area contributed by atoms with Gasteiger partial charge in [-0.1, -0.05) is 18.2 Å². The summed E-state index contributed by atoms with van der Waals surface area (Å²) in [6.45, 7) is 3.50. The van der Waals surface area contributed by atoms with Crippen LogP contribution in [0.4, 0.5) is 13.2 Å². The first-order valence-corrected chi connectivity index (χ1v) is 3.59. The smallest absolute Gasteiger partial charge is 0.443 e. The number of aliphatic hydroxyl groups is 1. The molecule has 0 unspecified atom stereocenters. The standard InChI is InChI=1S/C7H5F3O.CHNO.CHN/c8-7(9,10)11-6-4-2-1-3-5-6;2-1-3;1-2/h1-5H;3H;1H. The molecule has 0 bridgehead atoms. The van der Waals surface area contributed by atoms with Gasteiger partial charge in [-0.05, 0) is 12.1 Å². The van der Waals surface area contributed by atoms with Crippen molar-refractivity contribution in [3.63, 3.8) is 0 Å². The van der Waals surface area contributed by atoms with Gasteiger partial charge in [0.15, 0.2) is 0 Å². The highest BCUT2D eigenvalue weighted by Crippen LogP contribution is 2.21. The van der Waals surface area contributed by atoms with Crippen LogP contribution in [0.3, 0.4) is 0 Å². The number of rotatable bonds is 1. The number of nitriles is 2. The van der Waals surface area contributed by atoms with E-state index in [4.69, 9.17) is 15.6 Å². The van der Waals surface area contributed by atoms with E-state index in [1.165, 1.54) is 24.3 Å². The van der Waals surface area contributed by atoms with Gasteiger partial charge in [-0.3, -0.25) is 0 Å². The molecule has 86 valence electrons. The predicted molar refractivity (Wildman–Crippen MR) is 47.3 cm³/mol. The Morgan fingerprint density at radius 3 is 1.88 bits per heavy atom. The quantitative estimate of drug-likeness (QED) is 0.755. The van der Waals surface area contributed by atoms with Crippen LogP contribution in [0, 0.1) is 23.4 Å². The summed E-state index contributed by atoms with van der Waals surface area (Å²) in [6, 6.07) is 7.05. The molecular weight excluding hydrogens is 225 g/mol. The van der Waals surface area contributed by atoms with E-state index in [0.29, 0.717) is 0 Å². The van der Waals surface area contributed by atoms with Crippen LogP contribution in [0.5, 0.6) is 5.75 Å². The number of nitrogens with zero attached hydrogens (tertiary/aromatic N) is 2. The minimum atomic E-state index is -4.60. The summed E-state index contributed by atoms with van der Waals surface area (Å²) in [5, 5.41) is 20.2. The molecular formula is C9H7F3N2O2. The largest absolute Gasteiger partial charge is 0.573 e. The summed E-state index contributed by atoms with van der Waals surface area (Å²) < 4.78 is 38.2. The number of hydrogen-bond acceptors (Lipinski definition) is 4. The molecule has 1 aromatic rings. The lowest BCUT2D eigenvalue weighted by Crippen LogP contribution is -2.16. The third-order valence-corrected chi connectivity index (χ3v) is 0.977. The zero-order valence-electron chi connectivity index (χ0n) is 7.85. The molecule has 0 fully saturated rings. The third kappa shape index (κ3) is 11.6. The van der Waals surface area contributed by atoms with Gasteiger partial charge in [0.2, 0.25) is 0 Å². The number of para-hydroxylation sites is 1. The van der Waals surface area contributed by atoms with Crippen molar-refractivity contribution in [3.8, 4) is 18.6 Å². The Bertz CT molecular complexity index is 330. The highest BCUT2D eigenvalue weighted by atomic mass is 19.4. The van der Waals surface area contributed by atoms with Crippen molar-refractivity contribution in [1.29, 1.82) is 10.5 Å². The molecule has 4 nitrogen and oxygen atoms in total. The highest BCUT2D eigenvalue weighted by molar-refractivity contribution is 5.20. The monoisotopic (exact) mass is 232 g/mol. The van der Waals surface area contributed by atoms with Crippen molar-refractivity contribution in [1.82, 2.24) is 0 Å². The van der Waals surface area contributed by atoms with Gasteiger partial charge >= 0.3 is 6.36 Å². The zero-order valence-corrected chi connectivity index (χ0v) is 7.85. The Hall–Kier alpha value is -2.41. The topological polar surface area (TPSA) is 77.0 Å². The Labute approximate surface area is 89.7 Å². The van der Waals surface area contributed by atoms with Crippen LogP contribution in [-0.2, 0) is 0 Å². The lowest BCUT2D eigenvalue weighted by atomic mass is 10.3. The van der Waals surface area contributed by atoms with E-state index in [0.717, 1.165) is 6.26 Å². The van der Waals surface area contributed by atoms with E-state index in [9.17, 15) is 13.2 Å². The molecule has 7 heteroatoms. The average Bonchev–Trinajstić information content (AvgIpc) is 2.21. The maximum atomic E-state index is 11.5. The van der Waals surface area contributed by atoms with E-state index in [2.05, 4.69) is 11.3 Å². The number of halogens is 3. The molecule has 1 aromatic carbocycles. The van der Waals surface area contributed by atoms with Gasteiger partial charge in [-0.25, -0.2) is 5.26 Å². The van der Waals surface area contributed by atoms with Gasteiger partial charge in [0.05, 0.1) is 0 Å². The van der Waals surface area contributed by atoms with Crippen molar-refractivity contribution >= 4 is 0 Å². The van der Waals surface area contributed by atoms with E-state index < -0.39 is 6.36 Å². The number of benzene rings is 1. The molecule has 0 saturated carbocycles. The van der Waals surface area contributed by atoms with Crippen molar-refractivity contribution in [2.45, 2.75) is 6.36 Å². The maximum absolute atomic E-state index is 11.5. The van der Waals surface area contributed by atoms with Crippen LogP contribution in [0.25, 0.3) is 0 Å². The molecule has 0 aromatic heterocycles. The predicted octanol–water partition coefficient (Wildman–Crippen LogP) is 2.56. The third-order valence-electron chi connectivity index (χ3n) is 0.977. The lowest BCUT2D eigenvalue weighted by Gasteiger charge is -2.07. The van der Waals surface area contributed by atoms with Gasteiger partial charge in [0, 0.05) is 6.57 Å². The van der Waals surface area contributed by atoms with E-state index in [1.54, 1.807) is 6.07 Å². The fraction of sp³-hybridized carbons (Fsp3) is 0.111. The van der Waals surface area contributed by atoms with Crippen molar-refractivity contribution in [3.05, 3.63) is 30.3 Å².